The van der Waals surface area contributed by atoms with Gasteiger partial charge in [-0.25, -0.2) is 0 Å². The first-order chi connectivity index (χ1) is 18.2. The van der Waals surface area contributed by atoms with E-state index < -0.39 is 0 Å². The molecule has 2 atom stereocenters. The molecule has 0 heterocycles. The van der Waals surface area contributed by atoms with Crippen molar-refractivity contribution in [2.24, 2.45) is 23.7 Å². The smallest absolute Gasteiger partial charge is 0.0257 e. The second kappa shape index (κ2) is 13.5. The lowest BCUT2D eigenvalue weighted by molar-refractivity contribution is 0.437. The van der Waals surface area contributed by atoms with Crippen molar-refractivity contribution in [2.45, 2.75) is 106 Å². The van der Waals surface area contributed by atoms with E-state index in [-0.39, 0.29) is 0 Å². The topological polar surface area (TPSA) is 0 Å². The SMILES string of the molecule is CC(C)CCCC(C)CCc1cc(Br)c2ccc3c(CCC(C)CCCC(C)C)cc(Br)c4ccc1c2c43. The van der Waals surface area contributed by atoms with Crippen LogP contribution in [0.1, 0.15) is 104 Å². The number of rotatable bonds is 14. The Bertz CT molecular complexity index is 1230. The summed E-state index contributed by atoms with van der Waals surface area (Å²) < 4.78 is 2.48. The first-order valence-electron chi connectivity index (χ1n) is 15.2. The minimum Gasteiger partial charge on any atom is -0.0628 e. The van der Waals surface area contributed by atoms with E-state index in [1.165, 1.54) is 104 Å². The molecule has 0 aliphatic rings. The first-order valence-corrected chi connectivity index (χ1v) is 16.8. The van der Waals surface area contributed by atoms with Gasteiger partial charge in [0.05, 0.1) is 0 Å². The molecule has 0 amide bonds. The quantitative estimate of drug-likeness (QED) is 0.120. The molecule has 0 saturated heterocycles. The van der Waals surface area contributed by atoms with Gasteiger partial charge in [-0.15, -0.1) is 0 Å². The van der Waals surface area contributed by atoms with Crippen LogP contribution in [0.15, 0.2) is 45.3 Å². The molecular formula is C36H48Br2. The fourth-order valence-electron chi connectivity index (χ4n) is 6.30. The molecule has 0 aliphatic heterocycles. The van der Waals surface area contributed by atoms with Crippen LogP contribution < -0.4 is 0 Å². The number of halogens is 2. The highest BCUT2D eigenvalue weighted by Gasteiger charge is 2.18. The lowest BCUT2D eigenvalue weighted by Crippen LogP contribution is -2.01. The standard InChI is InChI=1S/C36H48Br2/c1-23(2)9-7-11-25(5)13-15-27-21-33(37)31-20-18-30-28(16-14-26(6)12-8-10-24(3)4)22-34(38)32-19-17-29(27)35(31)36(30)32/h17-26H,7-16H2,1-6H3. The Kier molecular flexibility index (Phi) is 10.6. The fourth-order valence-corrected chi connectivity index (χ4v) is 7.51. The molecule has 4 aromatic rings. The normalized spacial score (nSPS) is 14.1. The molecule has 2 unspecified atom stereocenters. The van der Waals surface area contributed by atoms with E-state index in [2.05, 4.69) is 110 Å². The van der Waals surface area contributed by atoms with Crippen LogP contribution in [0.25, 0.3) is 32.3 Å². The molecular weight excluding hydrogens is 592 g/mol. The largest absolute Gasteiger partial charge is 0.0628 e. The summed E-state index contributed by atoms with van der Waals surface area (Å²) in [4.78, 5) is 0. The fraction of sp³-hybridized carbons (Fsp3) is 0.556. The van der Waals surface area contributed by atoms with Crippen LogP contribution in [0.3, 0.4) is 0 Å². The summed E-state index contributed by atoms with van der Waals surface area (Å²) in [5, 5.41) is 8.48. The molecule has 4 rings (SSSR count). The van der Waals surface area contributed by atoms with Crippen molar-refractivity contribution in [1.29, 1.82) is 0 Å². The van der Waals surface area contributed by atoms with Crippen molar-refractivity contribution in [3.8, 4) is 0 Å². The summed E-state index contributed by atoms with van der Waals surface area (Å²) in [5.74, 6) is 3.17. The zero-order valence-electron chi connectivity index (χ0n) is 24.6. The van der Waals surface area contributed by atoms with Gasteiger partial charge in [-0.3, -0.25) is 0 Å². The van der Waals surface area contributed by atoms with Crippen molar-refractivity contribution in [3.05, 3.63) is 56.5 Å². The molecule has 4 aromatic carbocycles. The summed E-state index contributed by atoms with van der Waals surface area (Å²) in [6.45, 7) is 14.2. The Morgan fingerprint density at radius 2 is 0.868 bits per heavy atom. The minimum atomic E-state index is 0.773. The van der Waals surface area contributed by atoms with Crippen LogP contribution in [0.5, 0.6) is 0 Å². The highest BCUT2D eigenvalue weighted by Crippen LogP contribution is 2.43. The van der Waals surface area contributed by atoms with E-state index in [9.17, 15) is 0 Å². The van der Waals surface area contributed by atoms with Crippen LogP contribution in [0.4, 0.5) is 0 Å². The molecule has 0 N–H and O–H groups in total. The second-order valence-electron chi connectivity index (χ2n) is 13.0. The molecule has 0 fully saturated rings. The molecule has 38 heavy (non-hydrogen) atoms. The van der Waals surface area contributed by atoms with E-state index in [0.29, 0.717) is 0 Å². The van der Waals surface area contributed by atoms with E-state index >= 15 is 0 Å². The van der Waals surface area contributed by atoms with Gasteiger partial charge in [-0.05, 0) is 105 Å². The third kappa shape index (κ3) is 7.14. The maximum Gasteiger partial charge on any atom is 0.0257 e. The van der Waals surface area contributed by atoms with Gasteiger partial charge >= 0.3 is 0 Å². The van der Waals surface area contributed by atoms with Crippen molar-refractivity contribution in [1.82, 2.24) is 0 Å². The third-order valence-electron chi connectivity index (χ3n) is 8.74. The molecule has 0 spiro atoms. The summed E-state index contributed by atoms with van der Waals surface area (Å²) in [6, 6.07) is 14.3. The van der Waals surface area contributed by atoms with Crippen molar-refractivity contribution in [2.75, 3.05) is 0 Å². The van der Waals surface area contributed by atoms with Crippen molar-refractivity contribution in [3.63, 3.8) is 0 Å². The molecule has 0 radical (unpaired) electrons. The van der Waals surface area contributed by atoms with Crippen LogP contribution in [-0.2, 0) is 12.8 Å². The summed E-state index contributed by atoms with van der Waals surface area (Å²) in [6.07, 6.45) is 12.9. The molecule has 0 aromatic heterocycles. The summed E-state index contributed by atoms with van der Waals surface area (Å²) >= 11 is 7.93. The Labute approximate surface area is 248 Å². The Morgan fingerprint density at radius 3 is 1.24 bits per heavy atom. The summed E-state index contributed by atoms with van der Waals surface area (Å²) in [5.41, 5.74) is 2.99. The van der Waals surface area contributed by atoms with E-state index in [1.54, 1.807) is 0 Å². The van der Waals surface area contributed by atoms with Gasteiger partial charge in [-0.1, -0.05) is 136 Å². The average Bonchev–Trinajstić information content (AvgIpc) is 2.86. The summed E-state index contributed by atoms with van der Waals surface area (Å²) in [7, 11) is 0. The van der Waals surface area contributed by atoms with Gasteiger partial charge in [0.15, 0.2) is 0 Å². The highest BCUT2D eigenvalue weighted by molar-refractivity contribution is 9.11. The Morgan fingerprint density at radius 1 is 0.500 bits per heavy atom. The van der Waals surface area contributed by atoms with Crippen LogP contribution in [0.2, 0.25) is 0 Å². The van der Waals surface area contributed by atoms with Crippen LogP contribution >= 0.6 is 31.9 Å². The van der Waals surface area contributed by atoms with E-state index in [4.69, 9.17) is 0 Å². The highest BCUT2D eigenvalue weighted by atomic mass is 79.9. The van der Waals surface area contributed by atoms with Crippen LogP contribution in [0, 0.1) is 23.7 Å². The van der Waals surface area contributed by atoms with Crippen molar-refractivity contribution < 1.29 is 0 Å². The number of hydrogen-bond donors (Lipinski definition) is 0. The number of hydrogen-bond acceptors (Lipinski definition) is 0. The van der Waals surface area contributed by atoms with Gasteiger partial charge < -0.3 is 0 Å². The van der Waals surface area contributed by atoms with E-state index in [1.807, 2.05) is 0 Å². The maximum absolute atomic E-state index is 3.97. The zero-order valence-corrected chi connectivity index (χ0v) is 27.8. The lowest BCUT2D eigenvalue weighted by atomic mass is 9.86. The Balaban J connectivity index is 1.63. The minimum absolute atomic E-state index is 0.773. The maximum atomic E-state index is 3.97. The van der Waals surface area contributed by atoms with Gasteiger partial charge in [0.2, 0.25) is 0 Å². The van der Waals surface area contributed by atoms with Gasteiger partial charge in [0.25, 0.3) is 0 Å². The molecule has 206 valence electrons. The molecule has 0 saturated carbocycles. The molecule has 0 bridgehead atoms. The van der Waals surface area contributed by atoms with Gasteiger partial charge in [0, 0.05) is 8.95 Å². The predicted molar refractivity (Wildman–Crippen MR) is 178 cm³/mol. The Hall–Kier alpha value is -1.12. The lowest BCUT2D eigenvalue weighted by Gasteiger charge is -2.20. The number of aryl methyl sites for hydroxylation is 2. The molecule has 0 aliphatic carbocycles. The molecule has 0 nitrogen and oxygen atoms in total. The second-order valence-corrected chi connectivity index (χ2v) is 14.8. The molecule has 2 heteroatoms. The van der Waals surface area contributed by atoms with Gasteiger partial charge in [0.1, 0.15) is 0 Å². The number of benzene rings is 4. The van der Waals surface area contributed by atoms with Gasteiger partial charge in [-0.2, -0.15) is 0 Å². The average molecular weight is 641 g/mol. The van der Waals surface area contributed by atoms with E-state index in [0.717, 1.165) is 36.5 Å². The van der Waals surface area contributed by atoms with Crippen molar-refractivity contribution >= 4 is 64.2 Å². The monoisotopic (exact) mass is 638 g/mol. The zero-order chi connectivity index (χ0) is 27.4. The van der Waals surface area contributed by atoms with Crippen LogP contribution in [-0.4, -0.2) is 0 Å². The predicted octanol–water partition coefficient (Wildman–Crippen LogP) is 12.9. The first kappa shape index (κ1) is 29.9. The third-order valence-corrected chi connectivity index (χ3v) is 10.1.